The van der Waals surface area contributed by atoms with Crippen LogP contribution < -0.4 is 0 Å². The van der Waals surface area contributed by atoms with Gasteiger partial charge in [0.15, 0.2) is 0 Å². The SMILES string of the molecule is CCCc1c(C)ccc2c(C)c(C)ccc12. The van der Waals surface area contributed by atoms with Crippen LogP contribution >= 0.6 is 0 Å². The molecule has 0 fully saturated rings. The molecule has 0 aromatic heterocycles. The lowest BCUT2D eigenvalue weighted by Gasteiger charge is -2.12. The first-order chi connectivity index (χ1) is 7.65. The van der Waals surface area contributed by atoms with Crippen LogP contribution in [0.25, 0.3) is 10.8 Å². The lowest BCUT2D eigenvalue weighted by Crippen LogP contribution is -1.93. The fourth-order valence-corrected chi connectivity index (χ4v) is 2.42. The lowest BCUT2D eigenvalue weighted by atomic mass is 9.92. The Morgan fingerprint density at radius 1 is 0.812 bits per heavy atom. The summed E-state index contributed by atoms with van der Waals surface area (Å²) in [5, 5.41) is 2.87. The number of hydrogen-bond acceptors (Lipinski definition) is 0. The van der Waals surface area contributed by atoms with Gasteiger partial charge in [-0.2, -0.15) is 0 Å². The molecular formula is C16H20. The van der Waals surface area contributed by atoms with Gasteiger partial charge < -0.3 is 0 Å². The van der Waals surface area contributed by atoms with E-state index in [2.05, 4.69) is 52.0 Å². The topological polar surface area (TPSA) is 0 Å². The van der Waals surface area contributed by atoms with Crippen molar-refractivity contribution in [1.29, 1.82) is 0 Å². The molecule has 0 heterocycles. The maximum absolute atomic E-state index is 2.29. The zero-order valence-corrected chi connectivity index (χ0v) is 10.7. The van der Waals surface area contributed by atoms with Crippen molar-refractivity contribution in [3.8, 4) is 0 Å². The van der Waals surface area contributed by atoms with Crippen molar-refractivity contribution in [3.05, 3.63) is 46.5 Å². The van der Waals surface area contributed by atoms with Gasteiger partial charge in [-0.15, -0.1) is 0 Å². The molecule has 0 aliphatic heterocycles. The molecule has 0 unspecified atom stereocenters. The van der Waals surface area contributed by atoms with Crippen LogP contribution in [0.1, 0.15) is 35.6 Å². The molecule has 0 saturated carbocycles. The van der Waals surface area contributed by atoms with Gasteiger partial charge in [0.2, 0.25) is 0 Å². The highest BCUT2D eigenvalue weighted by atomic mass is 14.1. The Labute approximate surface area is 98.3 Å². The van der Waals surface area contributed by atoms with Gasteiger partial charge in [0, 0.05) is 0 Å². The molecule has 0 bridgehead atoms. The Balaban J connectivity index is 2.78. The van der Waals surface area contributed by atoms with Crippen LogP contribution in [-0.2, 0) is 6.42 Å². The van der Waals surface area contributed by atoms with E-state index in [9.17, 15) is 0 Å². The van der Waals surface area contributed by atoms with Gasteiger partial charge in [-0.25, -0.2) is 0 Å². The summed E-state index contributed by atoms with van der Waals surface area (Å²) in [5.41, 5.74) is 5.77. The molecule has 0 aliphatic carbocycles. The van der Waals surface area contributed by atoms with E-state index in [0.29, 0.717) is 0 Å². The highest BCUT2D eigenvalue weighted by Crippen LogP contribution is 2.27. The normalized spacial score (nSPS) is 11.0. The highest BCUT2D eigenvalue weighted by molar-refractivity contribution is 5.90. The van der Waals surface area contributed by atoms with Gasteiger partial charge in [-0.1, -0.05) is 37.6 Å². The third-order valence-corrected chi connectivity index (χ3v) is 3.59. The predicted molar refractivity (Wildman–Crippen MR) is 72.2 cm³/mol. The predicted octanol–water partition coefficient (Wildman–Crippen LogP) is 4.72. The molecular weight excluding hydrogens is 192 g/mol. The number of benzene rings is 2. The first-order valence-corrected chi connectivity index (χ1v) is 6.13. The molecule has 0 atom stereocenters. The maximum atomic E-state index is 2.29. The number of rotatable bonds is 2. The van der Waals surface area contributed by atoms with E-state index in [4.69, 9.17) is 0 Å². The quantitative estimate of drug-likeness (QED) is 0.676. The van der Waals surface area contributed by atoms with E-state index >= 15 is 0 Å². The first-order valence-electron chi connectivity index (χ1n) is 6.13. The summed E-state index contributed by atoms with van der Waals surface area (Å²) in [7, 11) is 0. The smallest absolute Gasteiger partial charge is 0.0146 e. The van der Waals surface area contributed by atoms with Gasteiger partial charge in [0.05, 0.1) is 0 Å². The second-order valence-corrected chi connectivity index (χ2v) is 4.71. The van der Waals surface area contributed by atoms with Gasteiger partial charge in [-0.05, 0) is 60.2 Å². The minimum absolute atomic E-state index is 1.19. The third kappa shape index (κ3) is 1.73. The van der Waals surface area contributed by atoms with E-state index in [0.717, 1.165) is 0 Å². The van der Waals surface area contributed by atoms with Crippen LogP contribution in [0, 0.1) is 20.8 Å². The van der Waals surface area contributed by atoms with Crippen molar-refractivity contribution in [2.45, 2.75) is 40.5 Å². The zero-order valence-electron chi connectivity index (χ0n) is 10.7. The summed E-state index contributed by atoms with van der Waals surface area (Å²) in [6.45, 7) is 8.88. The Bertz CT molecular complexity index is 521. The first kappa shape index (κ1) is 11.2. The van der Waals surface area contributed by atoms with Crippen molar-refractivity contribution in [2.24, 2.45) is 0 Å². The van der Waals surface area contributed by atoms with E-state index in [1.165, 1.54) is 45.9 Å². The summed E-state index contributed by atoms with van der Waals surface area (Å²) in [5.74, 6) is 0. The molecule has 84 valence electrons. The monoisotopic (exact) mass is 212 g/mol. The van der Waals surface area contributed by atoms with Crippen molar-refractivity contribution in [2.75, 3.05) is 0 Å². The number of fused-ring (bicyclic) bond motifs is 1. The Morgan fingerprint density at radius 2 is 1.44 bits per heavy atom. The molecule has 0 nitrogen and oxygen atoms in total. The minimum Gasteiger partial charge on any atom is -0.0651 e. The van der Waals surface area contributed by atoms with E-state index in [1.54, 1.807) is 0 Å². The van der Waals surface area contributed by atoms with Crippen LogP contribution in [0.15, 0.2) is 24.3 Å². The van der Waals surface area contributed by atoms with Crippen LogP contribution in [0.3, 0.4) is 0 Å². The largest absolute Gasteiger partial charge is 0.0651 e. The molecule has 16 heavy (non-hydrogen) atoms. The highest BCUT2D eigenvalue weighted by Gasteiger charge is 2.06. The van der Waals surface area contributed by atoms with Gasteiger partial charge in [0.1, 0.15) is 0 Å². The fraction of sp³-hybridized carbons (Fsp3) is 0.375. The van der Waals surface area contributed by atoms with Crippen LogP contribution in [0.2, 0.25) is 0 Å². The minimum atomic E-state index is 1.19. The zero-order chi connectivity index (χ0) is 11.7. The van der Waals surface area contributed by atoms with Gasteiger partial charge >= 0.3 is 0 Å². The summed E-state index contributed by atoms with van der Waals surface area (Å²) in [6.07, 6.45) is 2.40. The number of hydrogen-bond donors (Lipinski definition) is 0. The molecule has 0 heteroatoms. The molecule has 0 aliphatic rings. The molecule has 0 radical (unpaired) electrons. The molecule has 0 spiro atoms. The molecule has 0 N–H and O–H groups in total. The summed E-state index contributed by atoms with van der Waals surface area (Å²) in [6, 6.07) is 9.07. The second-order valence-electron chi connectivity index (χ2n) is 4.71. The van der Waals surface area contributed by atoms with Crippen molar-refractivity contribution < 1.29 is 0 Å². The fourth-order valence-electron chi connectivity index (χ4n) is 2.42. The summed E-state index contributed by atoms with van der Waals surface area (Å²) < 4.78 is 0. The molecule has 2 rings (SSSR count). The molecule has 0 amide bonds. The van der Waals surface area contributed by atoms with Crippen LogP contribution in [0.5, 0.6) is 0 Å². The third-order valence-electron chi connectivity index (χ3n) is 3.59. The lowest BCUT2D eigenvalue weighted by molar-refractivity contribution is 0.921. The summed E-state index contributed by atoms with van der Waals surface area (Å²) in [4.78, 5) is 0. The Kier molecular flexibility index (Phi) is 3.00. The average molecular weight is 212 g/mol. The van der Waals surface area contributed by atoms with Gasteiger partial charge in [-0.3, -0.25) is 0 Å². The van der Waals surface area contributed by atoms with E-state index in [1.807, 2.05) is 0 Å². The van der Waals surface area contributed by atoms with Crippen molar-refractivity contribution in [1.82, 2.24) is 0 Å². The van der Waals surface area contributed by atoms with E-state index in [-0.39, 0.29) is 0 Å². The van der Waals surface area contributed by atoms with Crippen LogP contribution in [0.4, 0.5) is 0 Å². The summed E-state index contributed by atoms with van der Waals surface area (Å²) >= 11 is 0. The Morgan fingerprint density at radius 3 is 2.12 bits per heavy atom. The van der Waals surface area contributed by atoms with Crippen LogP contribution in [-0.4, -0.2) is 0 Å². The standard InChI is InChI=1S/C16H20/c1-5-6-14-12(3)8-9-15-13(4)11(2)7-10-16(14)15/h7-10H,5-6H2,1-4H3. The average Bonchev–Trinajstić information content (AvgIpc) is 2.27. The Hall–Kier alpha value is -1.30. The molecule has 2 aromatic rings. The van der Waals surface area contributed by atoms with Crippen molar-refractivity contribution >= 4 is 10.8 Å². The number of aryl methyl sites for hydroxylation is 4. The maximum Gasteiger partial charge on any atom is -0.0146 e. The second kappa shape index (κ2) is 4.29. The molecule has 0 saturated heterocycles. The van der Waals surface area contributed by atoms with E-state index < -0.39 is 0 Å². The molecule has 2 aromatic carbocycles. The van der Waals surface area contributed by atoms with Gasteiger partial charge in [0.25, 0.3) is 0 Å². The van der Waals surface area contributed by atoms with Crippen molar-refractivity contribution in [3.63, 3.8) is 0 Å².